The second kappa shape index (κ2) is 6.95. The Bertz CT molecular complexity index is 644. The van der Waals surface area contributed by atoms with E-state index in [4.69, 9.17) is 4.74 Å². The van der Waals surface area contributed by atoms with Gasteiger partial charge in [0.15, 0.2) is 5.41 Å². The fraction of sp³-hybridized carbons (Fsp3) is 0.312. The SMILES string of the molecule is C=CCC1(C(=O)NC(=O)Nc2ccc(Br)cc2)CC(C)OC1=O. The van der Waals surface area contributed by atoms with Crippen LogP contribution in [-0.4, -0.2) is 24.0 Å². The average molecular weight is 381 g/mol. The molecule has 1 aromatic rings. The molecule has 1 fully saturated rings. The van der Waals surface area contributed by atoms with Gasteiger partial charge < -0.3 is 10.1 Å². The first kappa shape index (κ1) is 17.2. The van der Waals surface area contributed by atoms with Gasteiger partial charge in [0.25, 0.3) is 0 Å². The molecule has 1 saturated heterocycles. The highest BCUT2D eigenvalue weighted by molar-refractivity contribution is 9.10. The van der Waals surface area contributed by atoms with E-state index in [1.54, 1.807) is 31.2 Å². The van der Waals surface area contributed by atoms with Gasteiger partial charge >= 0.3 is 12.0 Å². The lowest BCUT2D eigenvalue weighted by Gasteiger charge is -2.21. The predicted octanol–water partition coefficient (Wildman–Crippen LogP) is 3.00. The van der Waals surface area contributed by atoms with Crippen molar-refractivity contribution in [1.82, 2.24) is 5.32 Å². The van der Waals surface area contributed by atoms with Gasteiger partial charge in [-0.05, 0) is 37.6 Å². The second-order valence-corrected chi connectivity index (χ2v) is 6.33. The van der Waals surface area contributed by atoms with Crippen LogP contribution in [0.4, 0.5) is 10.5 Å². The number of urea groups is 1. The molecule has 3 amide bonds. The van der Waals surface area contributed by atoms with Crippen molar-refractivity contribution in [2.45, 2.75) is 25.9 Å². The van der Waals surface area contributed by atoms with Crippen molar-refractivity contribution in [3.8, 4) is 0 Å². The molecule has 1 aliphatic heterocycles. The van der Waals surface area contributed by atoms with Gasteiger partial charge in [0.1, 0.15) is 6.10 Å². The number of cyclic esters (lactones) is 1. The fourth-order valence-corrected chi connectivity index (χ4v) is 2.79. The minimum Gasteiger partial charge on any atom is -0.462 e. The molecule has 2 atom stereocenters. The maximum atomic E-state index is 12.4. The third-order valence-electron chi connectivity index (χ3n) is 3.59. The maximum Gasteiger partial charge on any atom is 0.325 e. The highest BCUT2D eigenvalue weighted by Crippen LogP contribution is 2.38. The highest BCUT2D eigenvalue weighted by Gasteiger charge is 2.53. The standard InChI is InChI=1S/C16H17BrN2O4/c1-3-8-16(9-10(2)23-14(16)21)13(20)19-15(22)18-12-6-4-11(17)5-7-12/h3-7,10H,1,8-9H2,2H3,(H2,18,19,20,22). The molecule has 1 aromatic carbocycles. The van der Waals surface area contributed by atoms with E-state index in [1.165, 1.54) is 6.08 Å². The van der Waals surface area contributed by atoms with E-state index in [2.05, 4.69) is 33.1 Å². The number of hydrogen-bond acceptors (Lipinski definition) is 4. The Hall–Kier alpha value is -2.15. The van der Waals surface area contributed by atoms with Crippen LogP contribution in [0.5, 0.6) is 0 Å². The molecule has 0 aliphatic carbocycles. The fourth-order valence-electron chi connectivity index (χ4n) is 2.52. The van der Waals surface area contributed by atoms with E-state index in [0.29, 0.717) is 5.69 Å². The molecule has 23 heavy (non-hydrogen) atoms. The third kappa shape index (κ3) is 3.79. The van der Waals surface area contributed by atoms with Gasteiger partial charge in [0.05, 0.1) is 0 Å². The van der Waals surface area contributed by atoms with Gasteiger partial charge in [0.2, 0.25) is 5.91 Å². The number of anilines is 1. The van der Waals surface area contributed by atoms with Crippen LogP contribution < -0.4 is 10.6 Å². The highest BCUT2D eigenvalue weighted by atomic mass is 79.9. The van der Waals surface area contributed by atoms with E-state index in [1.807, 2.05) is 0 Å². The molecule has 0 saturated carbocycles. The van der Waals surface area contributed by atoms with Gasteiger partial charge in [0, 0.05) is 16.6 Å². The van der Waals surface area contributed by atoms with Crippen molar-refractivity contribution in [3.05, 3.63) is 41.4 Å². The Labute approximate surface area is 142 Å². The molecular weight excluding hydrogens is 364 g/mol. The van der Waals surface area contributed by atoms with E-state index in [0.717, 1.165) is 4.47 Å². The molecule has 0 aromatic heterocycles. The summed E-state index contributed by atoms with van der Waals surface area (Å²) in [5.41, 5.74) is -0.864. The normalized spacial score (nSPS) is 23.0. The predicted molar refractivity (Wildman–Crippen MR) is 88.7 cm³/mol. The minimum absolute atomic E-state index is 0.119. The number of hydrogen-bond donors (Lipinski definition) is 2. The number of rotatable bonds is 4. The van der Waals surface area contributed by atoms with Crippen LogP contribution in [0.1, 0.15) is 19.8 Å². The van der Waals surface area contributed by atoms with Crippen molar-refractivity contribution < 1.29 is 19.1 Å². The van der Waals surface area contributed by atoms with Crippen molar-refractivity contribution in [2.24, 2.45) is 5.41 Å². The zero-order valence-corrected chi connectivity index (χ0v) is 14.2. The molecule has 1 aliphatic rings. The number of allylic oxidation sites excluding steroid dienone is 1. The summed E-state index contributed by atoms with van der Waals surface area (Å²) >= 11 is 3.29. The summed E-state index contributed by atoms with van der Waals surface area (Å²) in [6.45, 7) is 5.28. The molecule has 0 bridgehead atoms. The lowest BCUT2D eigenvalue weighted by Crippen LogP contribution is -2.47. The Morgan fingerprint density at radius 3 is 2.61 bits per heavy atom. The largest absolute Gasteiger partial charge is 0.462 e. The number of benzene rings is 1. The summed E-state index contributed by atoms with van der Waals surface area (Å²) in [7, 11) is 0. The van der Waals surface area contributed by atoms with Crippen LogP contribution in [0, 0.1) is 5.41 Å². The summed E-state index contributed by atoms with van der Waals surface area (Å²) in [6, 6.07) is 6.17. The number of esters is 1. The van der Waals surface area contributed by atoms with Gasteiger partial charge in [-0.3, -0.25) is 14.9 Å². The number of nitrogens with one attached hydrogen (secondary N) is 2. The third-order valence-corrected chi connectivity index (χ3v) is 4.12. The van der Waals surface area contributed by atoms with Crippen LogP contribution >= 0.6 is 15.9 Å². The lowest BCUT2D eigenvalue weighted by atomic mass is 9.80. The van der Waals surface area contributed by atoms with Crippen molar-refractivity contribution >= 4 is 39.5 Å². The van der Waals surface area contributed by atoms with Gasteiger partial charge in [-0.2, -0.15) is 0 Å². The van der Waals surface area contributed by atoms with Crippen LogP contribution in [0.2, 0.25) is 0 Å². The number of ether oxygens (including phenoxy) is 1. The van der Waals surface area contributed by atoms with Gasteiger partial charge in [-0.1, -0.05) is 22.0 Å². The number of halogens is 1. The monoisotopic (exact) mass is 380 g/mol. The van der Waals surface area contributed by atoms with E-state index in [-0.39, 0.29) is 18.9 Å². The Morgan fingerprint density at radius 2 is 2.09 bits per heavy atom. The zero-order valence-electron chi connectivity index (χ0n) is 12.6. The molecule has 6 nitrogen and oxygen atoms in total. The average Bonchev–Trinajstić information content (AvgIpc) is 2.77. The lowest BCUT2D eigenvalue weighted by molar-refractivity contribution is -0.152. The number of carbonyl (C=O) groups excluding carboxylic acids is 3. The van der Waals surface area contributed by atoms with Crippen LogP contribution in [0.25, 0.3) is 0 Å². The van der Waals surface area contributed by atoms with Crippen molar-refractivity contribution in [3.63, 3.8) is 0 Å². The van der Waals surface area contributed by atoms with Gasteiger partial charge in [-0.15, -0.1) is 6.58 Å². The summed E-state index contributed by atoms with van der Waals surface area (Å²) in [5, 5.41) is 4.75. The van der Waals surface area contributed by atoms with E-state index in [9.17, 15) is 14.4 Å². The minimum atomic E-state index is -1.39. The first-order valence-electron chi connectivity index (χ1n) is 7.07. The van der Waals surface area contributed by atoms with E-state index >= 15 is 0 Å². The summed E-state index contributed by atoms with van der Waals surface area (Å²) < 4.78 is 5.95. The maximum absolute atomic E-state index is 12.4. The summed E-state index contributed by atoms with van der Waals surface area (Å²) in [4.78, 5) is 36.5. The van der Waals surface area contributed by atoms with Crippen molar-refractivity contribution in [1.29, 1.82) is 0 Å². The van der Waals surface area contributed by atoms with Crippen LogP contribution in [0.15, 0.2) is 41.4 Å². The number of imide groups is 1. The molecular formula is C16H17BrN2O4. The zero-order chi connectivity index (χ0) is 17.0. The first-order valence-corrected chi connectivity index (χ1v) is 7.86. The molecule has 122 valence electrons. The molecule has 7 heteroatoms. The molecule has 0 spiro atoms. The molecule has 2 unspecified atom stereocenters. The Morgan fingerprint density at radius 1 is 1.43 bits per heavy atom. The van der Waals surface area contributed by atoms with Gasteiger partial charge in [-0.25, -0.2) is 4.79 Å². The smallest absolute Gasteiger partial charge is 0.325 e. The first-order chi connectivity index (χ1) is 10.9. The van der Waals surface area contributed by atoms with E-state index < -0.39 is 23.3 Å². The number of carbonyl (C=O) groups is 3. The molecule has 0 radical (unpaired) electrons. The Kier molecular flexibility index (Phi) is 5.20. The quantitative estimate of drug-likeness (QED) is 0.477. The van der Waals surface area contributed by atoms with Crippen LogP contribution in [-0.2, 0) is 14.3 Å². The molecule has 2 N–H and O–H groups in total. The second-order valence-electron chi connectivity index (χ2n) is 5.41. The van der Waals surface area contributed by atoms with Crippen LogP contribution in [0.3, 0.4) is 0 Å². The topological polar surface area (TPSA) is 84.5 Å². The molecule has 1 heterocycles. The Balaban J connectivity index is 2.06. The number of amides is 3. The summed E-state index contributed by atoms with van der Waals surface area (Å²) in [6.07, 6.45) is 1.44. The summed E-state index contributed by atoms with van der Waals surface area (Å²) in [5.74, 6) is -1.31. The van der Waals surface area contributed by atoms with Crippen molar-refractivity contribution in [2.75, 3.05) is 5.32 Å². The molecule has 2 rings (SSSR count).